The molecule has 1 saturated heterocycles. The first-order chi connectivity index (χ1) is 8.13. The minimum atomic E-state index is -0.822. The molecule has 0 aliphatic carbocycles. The standard InChI is InChI=1S/C12H13F2NO2/c1-15-11-6-17-5-9(11)12(16)8-3-2-7(13)4-10(8)14/h2-4,9,11,15H,5-6H2,1H3. The molecule has 0 aromatic heterocycles. The summed E-state index contributed by atoms with van der Waals surface area (Å²) in [6.45, 7) is 0.691. The molecule has 1 aliphatic heterocycles. The van der Waals surface area contributed by atoms with Crippen molar-refractivity contribution in [2.24, 2.45) is 5.92 Å². The van der Waals surface area contributed by atoms with Crippen molar-refractivity contribution in [3.8, 4) is 0 Å². The Morgan fingerprint density at radius 2 is 2.18 bits per heavy atom. The van der Waals surface area contributed by atoms with Gasteiger partial charge in [0.2, 0.25) is 0 Å². The van der Waals surface area contributed by atoms with Gasteiger partial charge >= 0.3 is 0 Å². The van der Waals surface area contributed by atoms with Gasteiger partial charge in [0.15, 0.2) is 5.78 Å². The van der Waals surface area contributed by atoms with E-state index in [-0.39, 0.29) is 24.0 Å². The van der Waals surface area contributed by atoms with Gasteiger partial charge in [-0.05, 0) is 19.2 Å². The fourth-order valence-electron chi connectivity index (χ4n) is 1.99. The zero-order chi connectivity index (χ0) is 12.4. The Balaban J connectivity index is 2.24. The average Bonchev–Trinajstić information content (AvgIpc) is 2.76. The summed E-state index contributed by atoms with van der Waals surface area (Å²) in [5.74, 6) is -2.28. The van der Waals surface area contributed by atoms with Crippen LogP contribution >= 0.6 is 0 Å². The molecule has 0 amide bonds. The maximum Gasteiger partial charge on any atom is 0.172 e. The van der Waals surface area contributed by atoms with Gasteiger partial charge in [0.25, 0.3) is 0 Å². The van der Waals surface area contributed by atoms with E-state index in [1.165, 1.54) is 6.07 Å². The van der Waals surface area contributed by atoms with Crippen molar-refractivity contribution in [1.29, 1.82) is 0 Å². The van der Waals surface area contributed by atoms with Gasteiger partial charge in [-0.3, -0.25) is 4.79 Å². The Morgan fingerprint density at radius 3 is 2.82 bits per heavy atom. The number of halogens is 2. The third kappa shape index (κ3) is 2.35. The lowest BCUT2D eigenvalue weighted by Crippen LogP contribution is -2.37. The van der Waals surface area contributed by atoms with E-state index in [0.29, 0.717) is 6.61 Å². The highest BCUT2D eigenvalue weighted by Crippen LogP contribution is 2.21. The van der Waals surface area contributed by atoms with Crippen LogP contribution in [0.4, 0.5) is 8.78 Å². The molecule has 2 atom stereocenters. The number of carbonyl (C=O) groups excluding carboxylic acids is 1. The highest BCUT2D eigenvalue weighted by atomic mass is 19.1. The molecule has 1 aliphatic rings. The number of Topliss-reactive ketones (excluding diaryl/α,β-unsaturated/α-hetero) is 1. The van der Waals surface area contributed by atoms with Crippen LogP contribution in [0.2, 0.25) is 0 Å². The minimum Gasteiger partial charge on any atom is -0.379 e. The lowest BCUT2D eigenvalue weighted by atomic mass is 9.93. The normalized spacial score (nSPS) is 23.9. The Morgan fingerprint density at radius 1 is 1.41 bits per heavy atom. The van der Waals surface area contributed by atoms with Gasteiger partial charge in [-0.15, -0.1) is 0 Å². The van der Waals surface area contributed by atoms with E-state index >= 15 is 0 Å². The van der Waals surface area contributed by atoms with Gasteiger partial charge in [0.05, 0.1) is 24.7 Å². The summed E-state index contributed by atoms with van der Waals surface area (Å²) in [6, 6.07) is 2.86. The van der Waals surface area contributed by atoms with Crippen molar-refractivity contribution in [1.82, 2.24) is 5.32 Å². The highest BCUT2D eigenvalue weighted by Gasteiger charge is 2.34. The van der Waals surface area contributed by atoms with Crippen LogP contribution < -0.4 is 5.32 Å². The van der Waals surface area contributed by atoms with Crippen molar-refractivity contribution in [2.75, 3.05) is 20.3 Å². The van der Waals surface area contributed by atoms with Gasteiger partial charge in [0, 0.05) is 12.1 Å². The number of hydrogen-bond donors (Lipinski definition) is 1. The summed E-state index contributed by atoms with van der Waals surface area (Å²) >= 11 is 0. The van der Waals surface area contributed by atoms with Gasteiger partial charge in [-0.25, -0.2) is 8.78 Å². The summed E-state index contributed by atoms with van der Waals surface area (Å²) in [5, 5.41) is 2.95. The molecule has 1 aromatic carbocycles. The lowest BCUT2D eigenvalue weighted by Gasteiger charge is -2.15. The van der Waals surface area contributed by atoms with E-state index in [0.717, 1.165) is 12.1 Å². The summed E-state index contributed by atoms with van der Waals surface area (Å²) in [6.07, 6.45) is 0. The Hall–Kier alpha value is -1.33. The number of ether oxygens (including phenoxy) is 1. The van der Waals surface area contributed by atoms with Crippen molar-refractivity contribution < 1.29 is 18.3 Å². The SMILES string of the molecule is CNC1COCC1C(=O)c1ccc(F)cc1F. The number of nitrogens with one attached hydrogen (secondary N) is 1. The molecule has 2 unspecified atom stereocenters. The first-order valence-corrected chi connectivity index (χ1v) is 5.37. The molecule has 17 heavy (non-hydrogen) atoms. The molecule has 1 N–H and O–H groups in total. The molecule has 0 radical (unpaired) electrons. The molecule has 0 bridgehead atoms. The number of ketones is 1. The number of likely N-dealkylation sites (N-methyl/N-ethyl adjacent to an activating group) is 1. The van der Waals surface area contributed by atoms with Gasteiger partial charge in [-0.2, -0.15) is 0 Å². The molecule has 0 saturated carbocycles. The average molecular weight is 241 g/mol. The van der Waals surface area contributed by atoms with Crippen LogP contribution in [0.1, 0.15) is 10.4 Å². The summed E-state index contributed by atoms with van der Waals surface area (Å²) in [5.41, 5.74) is -0.0813. The van der Waals surface area contributed by atoms with Crippen LogP contribution in [0, 0.1) is 17.6 Å². The number of benzene rings is 1. The second kappa shape index (κ2) is 4.89. The smallest absolute Gasteiger partial charge is 0.172 e. The van der Waals surface area contributed by atoms with Crippen LogP contribution in [0.15, 0.2) is 18.2 Å². The van der Waals surface area contributed by atoms with Crippen molar-refractivity contribution >= 4 is 5.78 Å². The third-order valence-corrected chi connectivity index (χ3v) is 2.98. The zero-order valence-electron chi connectivity index (χ0n) is 9.37. The second-order valence-corrected chi connectivity index (χ2v) is 4.03. The number of carbonyl (C=O) groups is 1. The fraction of sp³-hybridized carbons (Fsp3) is 0.417. The van der Waals surface area contributed by atoms with Crippen molar-refractivity contribution in [2.45, 2.75) is 6.04 Å². The summed E-state index contributed by atoms with van der Waals surface area (Å²) in [4.78, 5) is 12.1. The quantitative estimate of drug-likeness (QED) is 0.812. The van der Waals surface area contributed by atoms with Gasteiger partial charge in [0.1, 0.15) is 11.6 Å². The molecule has 5 heteroatoms. The van der Waals surface area contributed by atoms with Gasteiger partial charge < -0.3 is 10.1 Å². The van der Waals surface area contributed by atoms with Crippen LogP contribution in [0.5, 0.6) is 0 Å². The monoisotopic (exact) mass is 241 g/mol. The van der Waals surface area contributed by atoms with Crippen LogP contribution in [0.3, 0.4) is 0 Å². The Kier molecular flexibility index (Phi) is 3.49. The van der Waals surface area contributed by atoms with E-state index in [9.17, 15) is 13.6 Å². The molecule has 0 spiro atoms. The van der Waals surface area contributed by atoms with E-state index in [1.807, 2.05) is 0 Å². The summed E-state index contributed by atoms with van der Waals surface area (Å²) < 4.78 is 31.4. The molecular formula is C12H13F2NO2. The molecule has 3 nitrogen and oxygen atoms in total. The van der Waals surface area contributed by atoms with E-state index in [1.54, 1.807) is 7.05 Å². The Bertz CT molecular complexity index is 437. The first kappa shape index (κ1) is 12.1. The van der Waals surface area contributed by atoms with Crippen LogP contribution in [-0.4, -0.2) is 32.1 Å². The predicted octanol–water partition coefficient (Wildman–Crippen LogP) is 1.38. The van der Waals surface area contributed by atoms with Crippen LogP contribution in [0.25, 0.3) is 0 Å². The van der Waals surface area contributed by atoms with Crippen LogP contribution in [-0.2, 0) is 4.74 Å². The second-order valence-electron chi connectivity index (χ2n) is 4.03. The van der Waals surface area contributed by atoms with Gasteiger partial charge in [-0.1, -0.05) is 0 Å². The fourth-order valence-corrected chi connectivity index (χ4v) is 1.99. The largest absolute Gasteiger partial charge is 0.379 e. The Labute approximate surface area is 97.8 Å². The summed E-state index contributed by atoms with van der Waals surface area (Å²) in [7, 11) is 1.72. The third-order valence-electron chi connectivity index (χ3n) is 2.98. The first-order valence-electron chi connectivity index (χ1n) is 5.37. The van der Waals surface area contributed by atoms with E-state index in [4.69, 9.17) is 4.74 Å². The van der Waals surface area contributed by atoms with E-state index < -0.39 is 17.6 Å². The van der Waals surface area contributed by atoms with Crippen molar-refractivity contribution in [3.05, 3.63) is 35.4 Å². The van der Waals surface area contributed by atoms with E-state index in [2.05, 4.69) is 5.32 Å². The molecule has 92 valence electrons. The van der Waals surface area contributed by atoms with Crippen molar-refractivity contribution in [3.63, 3.8) is 0 Å². The number of hydrogen-bond acceptors (Lipinski definition) is 3. The highest BCUT2D eigenvalue weighted by molar-refractivity contribution is 5.98. The molecule has 1 fully saturated rings. The maximum atomic E-state index is 13.5. The lowest BCUT2D eigenvalue weighted by molar-refractivity contribution is 0.0888. The minimum absolute atomic E-state index is 0.0813. The zero-order valence-corrected chi connectivity index (χ0v) is 9.37. The molecular weight excluding hydrogens is 228 g/mol. The topological polar surface area (TPSA) is 38.3 Å². The molecule has 1 aromatic rings. The molecule has 2 rings (SSSR count). The molecule has 1 heterocycles. The number of rotatable bonds is 3. The maximum absolute atomic E-state index is 13.5. The predicted molar refractivity (Wildman–Crippen MR) is 57.8 cm³/mol.